The molecule has 9 heteroatoms. The molecule has 0 saturated heterocycles. The van der Waals surface area contributed by atoms with Gasteiger partial charge in [0.15, 0.2) is 0 Å². The first-order chi connectivity index (χ1) is 16.9. The van der Waals surface area contributed by atoms with Crippen molar-refractivity contribution in [1.82, 2.24) is 15.5 Å². The number of hydrogen-bond acceptors (Lipinski definition) is 5. The van der Waals surface area contributed by atoms with Crippen molar-refractivity contribution in [3.8, 4) is 0 Å². The largest absolute Gasteiger partial charge is 0.444 e. The Labute approximate surface area is 213 Å². The fraction of sp³-hybridized carbons (Fsp3) is 0.556. The maximum atomic E-state index is 14.0. The summed E-state index contributed by atoms with van der Waals surface area (Å²) in [4.78, 5) is 53.3. The summed E-state index contributed by atoms with van der Waals surface area (Å²) in [6.07, 6.45) is 2.79. The molecule has 9 nitrogen and oxygen atoms in total. The monoisotopic (exact) mass is 500 g/mol. The van der Waals surface area contributed by atoms with Crippen LogP contribution >= 0.6 is 0 Å². The molecule has 0 spiro atoms. The van der Waals surface area contributed by atoms with Gasteiger partial charge in [-0.1, -0.05) is 51.1 Å². The second-order valence-electron chi connectivity index (χ2n) is 10.3. The molecular weight excluding hydrogens is 460 g/mol. The predicted molar refractivity (Wildman–Crippen MR) is 139 cm³/mol. The molecule has 0 radical (unpaired) electrons. The third kappa shape index (κ3) is 8.39. The van der Waals surface area contributed by atoms with Gasteiger partial charge in [-0.3, -0.25) is 14.4 Å². The highest BCUT2D eigenvalue weighted by Crippen LogP contribution is 2.41. The highest BCUT2D eigenvalue weighted by molar-refractivity contribution is 5.95. The Bertz CT molecular complexity index is 971. The molecule has 0 aromatic heterocycles. The molecule has 4 unspecified atom stereocenters. The molecule has 198 valence electrons. The summed E-state index contributed by atoms with van der Waals surface area (Å²) in [7, 11) is 0. The maximum absolute atomic E-state index is 14.0. The molecule has 4 N–H and O–H groups in total. The SMILES string of the molecule is C=Cc1cccc(C(C(=O)NCCCC)N(C(=O)C(CC(N)=O)NC(=O)OC(C)(C)C)C2CC2C)c1. The van der Waals surface area contributed by atoms with E-state index in [4.69, 9.17) is 10.5 Å². The van der Waals surface area contributed by atoms with Crippen LogP contribution in [0, 0.1) is 5.92 Å². The number of ether oxygens (including phenoxy) is 1. The predicted octanol–water partition coefficient (Wildman–Crippen LogP) is 3.29. The van der Waals surface area contributed by atoms with E-state index in [1.165, 1.54) is 4.90 Å². The Hall–Kier alpha value is -3.36. The van der Waals surface area contributed by atoms with Crippen molar-refractivity contribution in [2.45, 2.75) is 84.0 Å². The summed E-state index contributed by atoms with van der Waals surface area (Å²) in [6.45, 7) is 13.4. The second kappa shape index (κ2) is 12.6. The summed E-state index contributed by atoms with van der Waals surface area (Å²) in [5.41, 5.74) is 6.04. The Balaban J connectivity index is 2.49. The molecule has 1 saturated carbocycles. The zero-order valence-electron chi connectivity index (χ0n) is 22.0. The van der Waals surface area contributed by atoms with Crippen molar-refractivity contribution in [2.24, 2.45) is 11.7 Å². The van der Waals surface area contributed by atoms with E-state index < -0.39 is 42.0 Å². The second-order valence-corrected chi connectivity index (χ2v) is 10.3. The van der Waals surface area contributed by atoms with Gasteiger partial charge >= 0.3 is 6.09 Å². The lowest BCUT2D eigenvalue weighted by atomic mass is 9.99. The number of unbranched alkanes of at least 4 members (excludes halogenated alkanes) is 1. The van der Waals surface area contributed by atoms with Gasteiger partial charge in [-0.05, 0) is 56.7 Å². The van der Waals surface area contributed by atoms with Gasteiger partial charge in [0.2, 0.25) is 17.7 Å². The number of hydrogen-bond donors (Lipinski definition) is 3. The van der Waals surface area contributed by atoms with Crippen LogP contribution in [0.5, 0.6) is 0 Å². The number of nitrogens with zero attached hydrogens (tertiary/aromatic N) is 1. The van der Waals surface area contributed by atoms with Crippen molar-refractivity contribution in [3.05, 3.63) is 42.0 Å². The standard InChI is InChI=1S/C27H40N4O5/c1-7-9-13-29-24(33)23(19-12-10-11-18(8-2)15-19)31(21-14-17(21)3)25(34)20(16-22(28)32)30-26(35)36-27(4,5)6/h8,10-12,15,17,20-21,23H,2,7,9,13-14,16H2,1,3-6H3,(H2,28,32)(H,29,33)(H,30,35). The molecule has 4 amide bonds. The topological polar surface area (TPSA) is 131 Å². The average molecular weight is 501 g/mol. The molecule has 0 aliphatic heterocycles. The average Bonchev–Trinajstić information content (AvgIpc) is 3.50. The molecule has 2 rings (SSSR count). The van der Waals surface area contributed by atoms with E-state index in [0.717, 1.165) is 18.4 Å². The van der Waals surface area contributed by atoms with E-state index in [1.807, 2.05) is 26.0 Å². The van der Waals surface area contributed by atoms with E-state index in [9.17, 15) is 19.2 Å². The number of alkyl carbamates (subject to hydrolysis) is 1. The number of benzene rings is 1. The molecule has 0 heterocycles. The van der Waals surface area contributed by atoms with E-state index in [0.29, 0.717) is 18.5 Å². The highest BCUT2D eigenvalue weighted by Gasteiger charge is 2.48. The molecule has 36 heavy (non-hydrogen) atoms. The van der Waals surface area contributed by atoms with Crippen molar-refractivity contribution >= 4 is 29.9 Å². The number of primary amides is 1. The molecule has 1 aliphatic rings. The maximum Gasteiger partial charge on any atom is 0.408 e. The lowest BCUT2D eigenvalue weighted by molar-refractivity contribution is -0.144. The van der Waals surface area contributed by atoms with Crippen LogP contribution < -0.4 is 16.4 Å². The lowest BCUT2D eigenvalue weighted by Crippen LogP contribution is -2.55. The van der Waals surface area contributed by atoms with Crippen LogP contribution in [0.25, 0.3) is 6.08 Å². The van der Waals surface area contributed by atoms with Gasteiger partial charge in [0.1, 0.15) is 17.7 Å². The van der Waals surface area contributed by atoms with Crippen molar-refractivity contribution in [2.75, 3.05) is 6.54 Å². The zero-order valence-corrected chi connectivity index (χ0v) is 22.0. The number of carbonyl (C=O) groups excluding carboxylic acids is 4. The zero-order chi connectivity index (χ0) is 27.0. The minimum atomic E-state index is -1.28. The van der Waals surface area contributed by atoms with E-state index >= 15 is 0 Å². The first-order valence-electron chi connectivity index (χ1n) is 12.5. The van der Waals surface area contributed by atoms with Crippen molar-refractivity contribution in [3.63, 3.8) is 0 Å². The van der Waals surface area contributed by atoms with Gasteiger partial charge < -0.3 is 26.0 Å². The van der Waals surface area contributed by atoms with E-state index in [1.54, 1.807) is 39.0 Å². The smallest absolute Gasteiger partial charge is 0.408 e. The van der Waals surface area contributed by atoms with Crippen LogP contribution in [0.3, 0.4) is 0 Å². The summed E-state index contributed by atoms with van der Waals surface area (Å²) < 4.78 is 5.30. The Morgan fingerprint density at radius 2 is 1.94 bits per heavy atom. The normalized spacial score (nSPS) is 18.4. The fourth-order valence-electron chi connectivity index (χ4n) is 3.98. The molecule has 1 aliphatic carbocycles. The lowest BCUT2D eigenvalue weighted by Gasteiger charge is -2.35. The Morgan fingerprint density at radius 3 is 2.47 bits per heavy atom. The van der Waals surface area contributed by atoms with Gasteiger partial charge in [0, 0.05) is 12.6 Å². The third-order valence-electron chi connectivity index (χ3n) is 5.89. The summed E-state index contributed by atoms with van der Waals surface area (Å²) in [5, 5.41) is 5.44. The van der Waals surface area contributed by atoms with Gasteiger partial charge in [-0.2, -0.15) is 0 Å². The summed E-state index contributed by atoms with van der Waals surface area (Å²) in [5.74, 6) is -1.50. The summed E-state index contributed by atoms with van der Waals surface area (Å²) in [6, 6.07) is 4.79. The minimum Gasteiger partial charge on any atom is -0.444 e. The molecule has 1 aromatic rings. The third-order valence-corrected chi connectivity index (χ3v) is 5.89. The van der Waals surface area contributed by atoms with Crippen LogP contribution in [0.4, 0.5) is 4.79 Å². The van der Waals surface area contributed by atoms with Gasteiger partial charge in [-0.25, -0.2) is 4.79 Å². The van der Waals surface area contributed by atoms with Crippen LogP contribution in [0.2, 0.25) is 0 Å². The number of nitrogens with one attached hydrogen (secondary N) is 2. The van der Waals surface area contributed by atoms with Gasteiger partial charge in [-0.15, -0.1) is 0 Å². The minimum absolute atomic E-state index is 0.151. The number of nitrogens with two attached hydrogens (primary N) is 1. The van der Waals surface area contributed by atoms with Crippen LogP contribution in [0.1, 0.15) is 77.5 Å². The van der Waals surface area contributed by atoms with Crippen LogP contribution in [-0.4, -0.2) is 52.9 Å². The van der Waals surface area contributed by atoms with Crippen molar-refractivity contribution < 1.29 is 23.9 Å². The quantitative estimate of drug-likeness (QED) is 0.379. The molecule has 0 bridgehead atoms. The van der Waals surface area contributed by atoms with Crippen LogP contribution in [0.15, 0.2) is 30.8 Å². The first-order valence-corrected chi connectivity index (χ1v) is 12.5. The first kappa shape index (κ1) is 28.9. The molecule has 1 aromatic carbocycles. The van der Waals surface area contributed by atoms with E-state index in [-0.39, 0.29) is 17.9 Å². The molecule has 1 fully saturated rings. The molecular formula is C27H40N4O5. The van der Waals surface area contributed by atoms with Crippen molar-refractivity contribution in [1.29, 1.82) is 0 Å². The highest BCUT2D eigenvalue weighted by atomic mass is 16.6. The number of rotatable bonds is 12. The summed E-state index contributed by atoms with van der Waals surface area (Å²) >= 11 is 0. The Kier molecular flexibility index (Phi) is 10.1. The van der Waals surface area contributed by atoms with E-state index in [2.05, 4.69) is 17.2 Å². The van der Waals surface area contributed by atoms with Gasteiger partial charge in [0.25, 0.3) is 0 Å². The molecule has 4 atom stereocenters. The fourth-order valence-corrected chi connectivity index (χ4v) is 3.98. The van der Waals surface area contributed by atoms with Gasteiger partial charge in [0.05, 0.1) is 6.42 Å². The Morgan fingerprint density at radius 1 is 1.28 bits per heavy atom. The number of amides is 4. The number of carbonyl (C=O) groups is 4. The van der Waals surface area contributed by atoms with Crippen LogP contribution in [-0.2, 0) is 19.1 Å².